The van der Waals surface area contributed by atoms with Crippen LogP contribution in [0.5, 0.6) is 11.5 Å². The molecule has 2 amide bonds. The second-order valence-corrected chi connectivity index (χ2v) is 7.95. The maximum Gasteiger partial charge on any atom is 0.249 e. The Balaban J connectivity index is 1.55. The number of rotatable bonds is 11. The first kappa shape index (κ1) is 25.5. The van der Waals surface area contributed by atoms with Gasteiger partial charge in [0.05, 0.1) is 12.8 Å². The monoisotopic (exact) mass is 473 g/mol. The van der Waals surface area contributed by atoms with Crippen LogP contribution in [0.2, 0.25) is 0 Å². The second kappa shape index (κ2) is 12.9. The molecule has 0 radical (unpaired) electrons. The van der Waals surface area contributed by atoms with E-state index in [1.807, 2.05) is 75.4 Å². The van der Waals surface area contributed by atoms with Crippen LogP contribution in [-0.2, 0) is 22.6 Å². The highest BCUT2D eigenvalue weighted by molar-refractivity contribution is 6.04. The molecule has 182 valence electrons. The number of amides is 2. The smallest absolute Gasteiger partial charge is 0.249 e. The van der Waals surface area contributed by atoms with Crippen LogP contribution in [0.1, 0.15) is 42.5 Å². The van der Waals surface area contributed by atoms with E-state index in [0.717, 1.165) is 23.1 Å². The molecule has 0 bridgehead atoms. The number of hydrogen-bond acceptors (Lipinski definition) is 5. The van der Waals surface area contributed by atoms with Crippen molar-refractivity contribution in [2.45, 2.75) is 40.2 Å². The molecule has 0 atom stereocenters. The molecular formula is C28H31N3O4. The molecule has 0 heterocycles. The highest BCUT2D eigenvalue weighted by Gasteiger charge is 2.11. The molecule has 0 aliphatic rings. The minimum Gasteiger partial charge on any atom is -0.490 e. The van der Waals surface area contributed by atoms with E-state index in [1.165, 1.54) is 11.8 Å². The Morgan fingerprint density at radius 1 is 0.914 bits per heavy atom. The number of nitrogens with zero attached hydrogens (tertiary/aromatic N) is 1. The van der Waals surface area contributed by atoms with Crippen molar-refractivity contribution in [2.75, 3.05) is 11.9 Å². The number of para-hydroxylation sites is 1. The topological polar surface area (TPSA) is 89.0 Å². The normalized spacial score (nSPS) is 10.7. The van der Waals surface area contributed by atoms with Gasteiger partial charge in [-0.15, -0.1) is 0 Å². The zero-order chi connectivity index (χ0) is 25.0. The molecule has 0 unspecified atom stereocenters. The Labute approximate surface area is 206 Å². The van der Waals surface area contributed by atoms with Crippen LogP contribution in [0.25, 0.3) is 0 Å². The Kier molecular flexibility index (Phi) is 9.42. The van der Waals surface area contributed by atoms with Crippen LogP contribution in [0.4, 0.5) is 5.69 Å². The molecule has 3 aromatic carbocycles. The van der Waals surface area contributed by atoms with Crippen LogP contribution in [0.15, 0.2) is 71.8 Å². The van der Waals surface area contributed by atoms with E-state index in [9.17, 15) is 9.59 Å². The van der Waals surface area contributed by atoms with Gasteiger partial charge in [-0.2, -0.15) is 5.10 Å². The van der Waals surface area contributed by atoms with E-state index in [0.29, 0.717) is 30.4 Å². The third kappa shape index (κ3) is 7.99. The van der Waals surface area contributed by atoms with E-state index in [-0.39, 0.29) is 6.42 Å². The molecule has 3 aromatic rings. The number of nitrogens with one attached hydrogen (secondary N) is 2. The molecule has 2 N–H and O–H groups in total. The van der Waals surface area contributed by atoms with Crippen molar-refractivity contribution >= 4 is 23.7 Å². The number of hydrazone groups is 1. The molecule has 35 heavy (non-hydrogen) atoms. The Bertz CT molecular complexity index is 1190. The molecule has 0 aliphatic carbocycles. The average molecular weight is 474 g/mol. The van der Waals surface area contributed by atoms with Gasteiger partial charge in [0.2, 0.25) is 11.8 Å². The fourth-order valence-corrected chi connectivity index (χ4v) is 3.46. The summed E-state index contributed by atoms with van der Waals surface area (Å²) in [5.41, 5.74) is 7.08. The van der Waals surface area contributed by atoms with E-state index in [4.69, 9.17) is 9.47 Å². The van der Waals surface area contributed by atoms with Gasteiger partial charge in [-0.25, -0.2) is 5.43 Å². The standard InChI is InChI=1S/C28H31N3O4/c1-4-23-11-6-7-12-24(23)30-27(32)17-28(33)31-29-18-21-13-14-25(26(16-21)34-5-2)35-19-22-10-8-9-20(3)15-22/h6-16,18H,4-5,17,19H2,1-3H3,(H,30,32)(H,31,33). The summed E-state index contributed by atoms with van der Waals surface area (Å²) in [4.78, 5) is 24.3. The third-order valence-electron chi connectivity index (χ3n) is 5.14. The lowest BCUT2D eigenvalue weighted by atomic mass is 10.1. The van der Waals surface area contributed by atoms with Crippen LogP contribution in [-0.4, -0.2) is 24.6 Å². The minimum absolute atomic E-state index is 0.328. The minimum atomic E-state index is -0.504. The van der Waals surface area contributed by atoms with Crippen molar-refractivity contribution in [3.8, 4) is 11.5 Å². The first-order chi connectivity index (χ1) is 17.0. The average Bonchev–Trinajstić information content (AvgIpc) is 2.84. The van der Waals surface area contributed by atoms with Gasteiger partial charge in [0.15, 0.2) is 11.5 Å². The third-order valence-corrected chi connectivity index (χ3v) is 5.14. The Morgan fingerprint density at radius 3 is 2.51 bits per heavy atom. The van der Waals surface area contributed by atoms with Crippen LogP contribution < -0.4 is 20.2 Å². The quantitative estimate of drug-likeness (QED) is 0.233. The Hall–Kier alpha value is -4.13. The van der Waals surface area contributed by atoms with Gasteiger partial charge in [-0.1, -0.05) is 55.0 Å². The second-order valence-electron chi connectivity index (χ2n) is 7.95. The fraction of sp³-hybridized carbons (Fsp3) is 0.250. The molecule has 0 spiro atoms. The molecule has 0 aromatic heterocycles. The van der Waals surface area contributed by atoms with Gasteiger partial charge in [0, 0.05) is 5.69 Å². The summed E-state index contributed by atoms with van der Waals surface area (Å²) in [6.07, 6.45) is 1.95. The van der Waals surface area contributed by atoms with Crippen molar-refractivity contribution in [1.29, 1.82) is 0 Å². The predicted octanol–water partition coefficient (Wildman–Crippen LogP) is 5.01. The lowest BCUT2D eigenvalue weighted by molar-refractivity contribution is -0.126. The Morgan fingerprint density at radius 2 is 1.74 bits per heavy atom. The van der Waals surface area contributed by atoms with Gasteiger partial charge in [-0.05, 0) is 61.2 Å². The van der Waals surface area contributed by atoms with Gasteiger partial charge in [0.25, 0.3) is 0 Å². The molecule has 0 aliphatic heterocycles. The van der Waals surface area contributed by atoms with E-state index < -0.39 is 11.8 Å². The summed E-state index contributed by atoms with van der Waals surface area (Å²) in [6, 6.07) is 21.1. The maximum atomic E-state index is 12.2. The van der Waals surface area contributed by atoms with Gasteiger partial charge in [-0.3, -0.25) is 9.59 Å². The van der Waals surface area contributed by atoms with Crippen molar-refractivity contribution < 1.29 is 19.1 Å². The number of hydrogen-bond donors (Lipinski definition) is 2. The predicted molar refractivity (Wildman–Crippen MR) is 138 cm³/mol. The summed E-state index contributed by atoms with van der Waals surface area (Å²) in [6.45, 7) is 6.85. The van der Waals surface area contributed by atoms with Crippen LogP contribution in [0, 0.1) is 6.92 Å². The first-order valence-electron chi connectivity index (χ1n) is 11.6. The molecule has 0 saturated carbocycles. The number of anilines is 1. The van der Waals surface area contributed by atoms with Crippen LogP contribution >= 0.6 is 0 Å². The zero-order valence-corrected chi connectivity index (χ0v) is 20.3. The number of benzene rings is 3. The molecule has 7 heteroatoms. The molecule has 7 nitrogen and oxygen atoms in total. The fourth-order valence-electron chi connectivity index (χ4n) is 3.46. The van der Waals surface area contributed by atoms with Crippen molar-refractivity contribution in [3.63, 3.8) is 0 Å². The van der Waals surface area contributed by atoms with Crippen molar-refractivity contribution in [3.05, 3.63) is 89.0 Å². The summed E-state index contributed by atoms with van der Waals surface area (Å²) in [7, 11) is 0. The molecule has 0 fully saturated rings. The van der Waals surface area contributed by atoms with E-state index >= 15 is 0 Å². The summed E-state index contributed by atoms with van der Waals surface area (Å²) in [5, 5.41) is 6.74. The highest BCUT2D eigenvalue weighted by atomic mass is 16.5. The van der Waals surface area contributed by atoms with Crippen LogP contribution in [0.3, 0.4) is 0 Å². The van der Waals surface area contributed by atoms with E-state index in [2.05, 4.69) is 21.9 Å². The maximum absolute atomic E-state index is 12.2. The number of aryl methyl sites for hydroxylation is 2. The molecule has 3 rings (SSSR count). The van der Waals surface area contributed by atoms with Crippen molar-refractivity contribution in [1.82, 2.24) is 5.43 Å². The van der Waals surface area contributed by atoms with Gasteiger partial charge < -0.3 is 14.8 Å². The lowest BCUT2D eigenvalue weighted by Gasteiger charge is -2.13. The number of ether oxygens (including phenoxy) is 2. The number of carbonyl (C=O) groups is 2. The van der Waals surface area contributed by atoms with Crippen molar-refractivity contribution in [2.24, 2.45) is 5.10 Å². The highest BCUT2D eigenvalue weighted by Crippen LogP contribution is 2.29. The molecular weight excluding hydrogens is 442 g/mol. The lowest BCUT2D eigenvalue weighted by Crippen LogP contribution is -2.25. The summed E-state index contributed by atoms with van der Waals surface area (Å²) >= 11 is 0. The van der Waals surface area contributed by atoms with Gasteiger partial charge in [0.1, 0.15) is 13.0 Å². The van der Waals surface area contributed by atoms with Gasteiger partial charge >= 0.3 is 0 Å². The zero-order valence-electron chi connectivity index (χ0n) is 20.3. The largest absolute Gasteiger partial charge is 0.490 e. The summed E-state index contributed by atoms with van der Waals surface area (Å²) in [5.74, 6) is 0.311. The SMILES string of the molecule is CCOc1cc(C=NNC(=O)CC(=O)Nc2ccccc2CC)ccc1OCc1cccc(C)c1. The van der Waals surface area contributed by atoms with E-state index in [1.54, 1.807) is 6.07 Å². The summed E-state index contributed by atoms with van der Waals surface area (Å²) < 4.78 is 11.7. The number of carbonyl (C=O) groups excluding carboxylic acids is 2. The first-order valence-corrected chi connectivity index (χ1v) is 11.6. The molecule has 0 saturated heterocycles.